The first kappa shape index (κ1) is 25.6. The number of anilines is 2. The van der Waals surface area contributed by atoms with Crippen LogP contribution in [0.4, 0.5) is 11.4 Å². The number of carbonyl (C=O) groups excluding carboxylic acids is 1. The van der Waals surface area contributed by atoms with Crippen molar-refractivity contribution in [2.45, 2.75) is 38.6 Å². The Labute approximate surface area is 189 Å². The van der Waals surface area contributed by atoms with Crippen molar-refractivity contribution in [1.82, 2.24) is 4.72 Å². The van der Waals surface area contributed by atoms with Crippen LogP contribution >= 0.6 is 0 Å². The third kappa shape index (κ3) is 6.44. The second-order valence-corrected chi connectivity index (χ2v) is 11.4. The number of rotatable bonds is 9. The first-order chi connectivity index (χ1) is 14.7. The van der Waals surface area contributed by atoms with Crippen LogP contribution in [0.5, 0.6) is 5.75 Å². The van der Waals surface area contributed by atoms with E-state index < -0.39 is 32.5 Å². The lowest BCUT2D eigenvalue weighted by Gasteiger charge is -2.24. The average Bonchev–Trinajstić information content (AvgIpc) is 2.66. The Morgan fingerprint density at radius 3 is 2.28 bits per heavy atom. The van der Waals surface area contributed by atoms with Crippen LogP contribution in [-0.4, -0.2) is 48.7 Å². The molecule has 0 radical (unpaired) electrons. The van der Waals surface area contributed by atoms with Crippen molar-refractivity contribution < 1.29 is 26.4 Å². The van der Waals surface area contributed by atoms with Crippen LogP contribution in [0.15, 0.2) is 41.3 Å². The topological polar surface area (TPSA) is 122 Å². The highest BCUT2D eigenvalue weighted by atomic mass is 32.2. The second-order valence-electron chi connectivity index (χ2n) is 7.75. The van der Waals surface area contributed by atoms with E-state index in [1.807, 2.05) is 13.0 Å². The van der Waals surface area contributed by atoms with Gasteiger partial charge in [0.2, 0.25) is 26.0 Å². The van der Waals surface area contributed by atoms with E-state index >= 15 is 0 Å². The van der Waals surface area contributed by atoms with Gasteiger partial charge in [-0.1, -0.05) is 12.1 Å². The average molecular weight is 484 g/mol. The van der Waals surface area contributed by atoms with Gasteiger partial charge in [-0.15, -0.1) is 0 Å². The molecule has 32 heavy (non-hydrogen) atoms. The summed E-state index contributed by atoms with van der Waals surface area (Å²) >= 11 is 0. The molecular formula is C21H29N3O6S2. The molecule has 11 heteroatoms. The van der Waals surface area contributed by atoms with Crippen molar-refractivity contribution in [2.24, 2.45) is 0 Å². The van der Waals surface area contributed by atoms with Crippen molar-refractivity contribution in [3.05, 3.63) is 47.5 Å². The van der Waals surface area contributed by atoms with Crippen LogP contribution < -0.4 is 19.1 Å². The molecule has 0 aliphatic heterocycles. The molecule has 2 N–H and O–H groups in total. The molecule has 0 unspecified atom stereocenters. The Balaban J connectivity index is 2.38. The first-order valence-electron chi connectivity index (χ1n) is 9.80. The van der Waals surface area contributed by atoms with E-state index in [1.54, 1.807) is 32.9 Å². The molecule has 2 rings (SSSR count). The monoisotopic (exact) mass is 483 g/mol. The molecule has 1 amide bonds. The van der Waals surface area contributed by atoms with Crippen LogP contribution in [0.1, 0.15) is 25.0 Å². The minimum absolute atomic E-state index is 0.0585. The van der Waals surface area contributed by atoms with Crippen molar-refractivity contribution in [2.75, 3.05) is 29.5 Å². The number of aryl methyl sites for hydroxylation is 2. The van der Waals surface area contributed by atoms with Crippen LogP contribution in [-0.2, 0) is 24.8 Å². The fourth-order valence-electron chi connectivity index (χ4n) is 3.02. The van der Waals surface area contributed by atoms with E-state index in [9.17, 15) is 21.6 Å². The van der Waals surface area contributed by atoms with Gasteiger partial charge in [0.1, 0.15) is 12.3 Å². The Bertz CT molecular complexity index is 1210. The summed E-state index contributed by atoms with van der Waals surface area (Å²) in [5.41, 5.74) is 2.04. The number of nitrogens with one attached hydrogen (secondary N) is 2. The second kappa shape index (κ2) is 9.88. The van der Waals surface area contributed by atoms with Gasteiger partial charge in [0, 0.05) is 6.04 Å². The lowest BCUT2D eigenvalue weighted by Crippen LogP contribution is -2.38. The van der Waals surface area contributed by atoms with Crippen LogP contribution in [0.2, 0.25) is 0 Å². The smallest absolute Gasteiger partial charge is 0.245 e. The molecule has 0 saturated heterocycles. The summed E-state index contributed by atoms with van der Waals surface area (Å²) in [5.74, 6) is -0.416. The predicted molar refractivity (Wildman–Crippen MR) is 125 cm³/mol. The zero-order valence-electron chi connectivity index (χ0n) is 19.0. The minimum Gasteiger partial charge on any atom is -0.495 e. The van der Waals surface area contributed by atoms with Gasteiger partial charge in [-0.05, 0) is 63.1 Å². The van der Waals surface area contributed by atoms with E-state index in [4.69, 9.17) is 4.74 Å². The number of ether oxygens (including phenoxy) is 1. The summed E-state index contributed by atoms with van der Waals surface area (Å²) in [6.45, 7) is 6.47. The van der Waals surface area contributed by atoms with E-state index in [-0.39, 0.29) is 22.4 Å². The highest BCUT2D eigenvalue weighted by Gasteiger charge is 2.24. The molecule has 0 atom stereocenters. The molecule has 9 nitrogen and oxygen atoms in total. The number of sulfonamides is 2. The molecule has 0 aliphatic rings. The number of carbonyl (C=O) groups is 1. The maximum Gasteiger partial charge on any atom is 0.245 e. The van der Waals surface area contributed by atoms with E-state index in [2.05, 4.69) is 10.0 Å². The fourth-order valence-corrected chi connectivity index (χ4v) is 5.20. The standard InChI is InChI=1S/C21H29N3O6S2/c1-14(2)23-32(28,29)17-9-10-20(30-5)18(12-17)22-21(25)13-24(31(6,26)27)19-11-15(3)7-8-16(19)4/h7-12,14,23H,13H2,1-6H3,(H,22,25). The molecule has 0 aromatic heterocycles. The van der Waals surface area contributed by atoms with Gasteiger partial charge in [-0.2, -0.15) is 0 Å². The maximum atomic E-state index is 12.8. The number of amides is 1. The normalized spacial score (nSPS) is 12.0. The molecule has 0 aliphatic carbocycles. The third-order valence-electron chi connectivity index (χ3n) is 4.47. The Morgan fingerprint density at radius 2 is 1.72 bits per heavy atom. The zero-order valence-corrected chi connectivity index (χ0v) is 20.6. The lowest BCUT2D eigenvalue weighted by atomic mass is 10.1. The van der Waals surface area contributed by atoms with Gasteiger partial charge in [-0.25, -0.2) is 21.6 Å². The highest BCUT2D eigenvalue weighted by Crippen LogP contribution is 2.28. The van der Waals surface area contributed by atoms with Gasteiger partial charge >= 0.3 is 0 Å². The largest absolute Gasteiger partial charge is 0.495 e. The fraction of sp³-hybridized carbons (Fsp3) is 0.381. The molecule has 0 heterocycles. The van der Waals surface area contributed by atoms with E-state index in [0.717, 1.165) is 16.1 Å². The molecular weight excluding hydrogens is 454 g/mol. The molecule has 2 aromatic rings. The quantitative estimate of drug-likeness (QED) is 0.565. The number of hydrogen-bond acceptors (Lipinski definition) is 6. The number of nitrogens with zero attached hydrogens (tertiary/aromatic N) is 1. The summed E-state index contributed by atoms with van der Waals surface area (Å²) in [5, 5.41) is 2.57. The molecule has 176 valence electrons. The molecule has 2 aromatic carbocycles. The molecule has 0 spiro atoms. The van der Waals surface area contributed by atoms with E-state index in [0.29, 0.717) is 11.3 Å². The van der Waals surface area contributed by atoms with Gasteiger partial charge in [-0.3, -0.25) is 9.10 Å². The summed E-state index contributed by atoms with van der Waals surface area (Å²) in [6.07, 6.45) is 1.02. The Hall–Kier alpha value is -2.63. The molecule has 0 fully saturated rings. The maximum absolute atomic E-state index is 12.8. The Morgan fingerprint density at radius 1 is 1.06 bits per heavy atom. The summed E-state index contributed by atoms with van der Waals surface area (Å²) in [6, 6.07) is 9.04. The summed E-state index contributed by atoms with van der Waals surface area (Å²) in [7, 11) is -6.20. The van der Waals surface area contributed by atoms with Crippen molar-refractivity contribution in [3.63, 3.8) is 0 Å². The van der Waals surface area contributed by atoms with Crippen LogP contribution in [0.3, 0.4) is 0 Å². The number of benzene rings is 2. The summed E-state index contributed by atoms with van der Waals surface area (Å²) in [4.78, 5) is 12.7. The highest BCUT2D eigenvalue weighted by molar-refractivity contribution is 7.92. The summed E-state index contributed by atoms with van der Waals surface area (Å²) < 4.78 is 58.5. The lowest BCUT2D eigenvalue weighted by molar-refractivity contribution is -0.114. The Kier molecular flexibility index (Phi) is 7.92. The SMILES string of the molecule is COc1ccc(S(=O)(=O)NC(C)C)cc1NC(=O)CN(c1cc(C)ccc1C)S(C)(=O)=O. The van der Waals surface area contributed by atoms with Gasteiger partial charge in [0.25, 0.3) is 0 Å². The van der Waals surface area contributed by atoms with Crippen LogP contribution in [0, 0.1) is 13.8 Å². The molecule has 0 saturated carbocycles. The third-order valence-corrected chi connectivity index (χ3v) is 7.25. The number of methoxy groups -OCH3 is 1. The number of hydrogen-bond donors (Lipinski definition) is 2. The first-order valence-corrected chi connectivity index (χ1v) is 13.1. The van der Waals surface area contributed by atoms with E-state index in [1.165, 1.54) is 25.3 Å². The van der Waals surface area contributed by atoms with Gasteiger partial charge in [0.15, 0.2) is 0 Å². The minimum atomic E-state index is -3.81. The van der Waals surface area contributed by atoms with Crippen LogP contribution in [0.25, 0.3) is 0 Å². The van der Waals surface area contributed by atoms with Crippen molar-refractivity contribution in [1.29, 1.82) is 0 Å². The van der Waals surface area contributed by atoms with Gasteiger partial charge < -0.3 is 10.1 Å². The zero-order chi connectivity index (χ0) is 24.3. The molecule has 0 bridgehead atoms. The van der Waals surface area contributed by atoms with Crippen molar-refractivity contribution in [3.8, 4) is 5.75 Å². The van der Waals surface area contributed by atoms with Crippen molar-refractivity contribution >= 4 is 37.3 Å². The predicted octanol–water partition coefficient (Wildman–Crippen LogP) is 2.40. The van der Waals surface area contributed by atoms with Gasteiger partial charge in [0.05, 0.1) is 29.6 Å².